The molecule has 0 aliphatic heterocycles. The molecule has 0 amide bonds. The second kappa shape index (κ2) is 7.94. The van der Waals surface area contributed by atoms with Crippen molar-refractivity contribution in [2.45, 2.75) is 65.9 Å². The van der Waals surface area contributed by atoms with Crippen LogP contribution in [0.25, 0.3) is 11.1 Å². The van der Waals surface area contributed by atoms with Crippen LogP contribution in [-0.2, 0) is 13.0 Å². The van der Waals surface area contributed by atoms with Crippen LogP contribution in [0.15, 0.2) is 30.3 Å². The topological polar surface area (TPSA) is 20.2 Å². The summed E-state index contributed by atoms with van der Waals surface area (Å²) in [7, 11) is 0. The summed E-state index contributed by atoms with van der Waals surface area (Å²) >= 11 is 0. The molecule has 1 nitrogen and oxygen atoms in total. The van der Waals surface area contributed by atoms with E-state index < -0.39 is 0 Å². The Kier molecular flexibility index (Phi) is 6.17. The van der Waals surface area contributed by atoms with E-state index in [0.717, 1.165) is 29.5 Å². The maximum absolute atomic E-state index is 13.4. The Labute approximate surface area is 145 Å². The van der Waals surface area contributed by atoms with Crippen molar-refractivity contribution in [2.75, 3.05) is 0 Å². The lowest BCUT2D eigenvalue weighted by molar-refractivity contribution is 0.280. The predicted molar refractivity (Wildman–Crippen MR) is 99.9 cm³/mol. The van der Waals surface area contributed by atoms with Gasteiger partial charge in [0.25, 0.3) is 0 Å². The van der Waals surface area contributed by atoms with Gasteiger partial charge in [-0.25, -0.2) is 4.39 Å². The zero-order valence-corrected chi connectivity index (χ0v) is 15.5. The molecular formula is C22H29FO. The van der Waals surface area contributed by atoms with Crippen molar-refractivity contribution in [1.82, 2.24) is 0 Å². The van der Waals surface area contributed by atoms with Gasteiger partial charge in [-0.2, -0.15) is 0 Å². The monoisotopic (exact) mass is 328 g/mol. The molecule has 1 N–H and O–H groups in total. The van der Waals surface area contributed by atoms with E-state index in [2.05, 4.69) is 40.7 Å². The van der Waals surface area contributed by atoms with Crippen molar-refractivity contribution in [3.8, 4) is 11.1 Å². The van der Waals surface area contributed by atoms with Crippen LogP contribution in [0.5, 0.6) is 0 Å². The minimum atomic E-state index is -0.231. The summed E-state index contributed by atoms with van der Waals surface area (Å²) in [5.74, 6) is 0.515. The molecule has 0 saturated heterocycles. The number of aliphatic hydroxyl groups excluding tert-OH is 1. The maximum atomic E-state index is 13.4. The first-order valence-corrected chi connectivity index (χ1v) is 8.95. The SMILES string of the molecule is CCCc1c(C(C)C)cc(C(C)C)c(CO)c1-c1ccc(F)cc1. The van der Waals surface area contributed by atoms with E-state index in [1.807, 2.05) is 12.1 Å². The van der Waals surface area contributed by atoms with Crippen molar-refractivity contribution in [3.05, 3.63) is 58.4 Å². The van der Waals surface area contributed by atoms with E-state index in [9.17, 15) is 9.50 Å². The Balaban J connectivity index is 2.86. The Morgan fingerprint density at radius 3 is 1.92 bits per heavy atom. The van der Waals surface area contributed by atoms with Gasteiger partial charge in [-0.3, -0.25) is 0 Å². The van der Waals surface area contributed by atoms with Gasteiger partial charge in [0.1, 0.15) is 5.82 Å². The van der Waals surface area contributed by atoms with Gasteiger partial charge >= 0.3 is 0 Å². The first-order chi connectivity index (χ1) is 11.4. The highest BCUT2D eigenvalue weighted by Gasteiger charge is 2.21. The third-order valence-corrected chi connectivity index (χ3v) is 4.65. The first kappa shape index (κ1) is 18.7. The first-order valence-electron chi connectivity index (χ1n) is 8.95. The molecule has 2 heteroatoms. The number of hydrogen-bond donors (Lipinski definition) is 1. The fourth-order valence-corrected chi connectivity index (χ4v) is 3.50. The largest absolute Gasteiger partial charge is 0.392 e. The maximum Gasteiger partial charge on any atom is 0.123 e. The fraction of sp³-hybridized carbons (Fsp3) is 0.455. The van der Waals surface area contributed by atoms with Gasteiger partial charge in [-0.05, 0) is 63.8 Å². The lowest BCUT2D eigenvalue weighted by Gasteiger charge is -2.25. The van der Waals surface area contributed by atoms with E-state index in [0.29, 0.717) is 11.8 Å². The van der Waals surface area contributed by atoms with E-state index in [4.69, 9.17) is 0 Å². The van der Waals surface area contributed by atoms with Gasteiger partial charge in [0.15, 0.2) is 0 Å². The Morgan fingerprint density at radius 1 is 0.917 bits per heavy atom. The van der Waals surface area contributed by atoms with E-state index >= 15 is 0 Å². The van der Waals surface area contributed by atoms with Crippen molar-refractivity contribution in [1.29, 1.82) is 0 Å². The summed E-state index contributed by atoms with van der Waals surface area (Å²) in [6.07, 6.45) is 2.01. The fourth-order valence-electron chi connectivity index (χ4n) is 3.50. The molecule has 2 aromatic rings. The summed E-state index contributed by atoms with van der Waals surface area (Å²) in [6.45, 7) is 10.9. The summed E-state index contributed by atoms with van der Waals surface area (Å²) in [4.78, 5) is 0. The van der Waals surface area contributed by atoms with Crippen LogP contribution in [0.2, 0.25) is 0 Å². The molecule has 0 aromatic heterocycles. The molecule has 0 fully saturated rings. The molecule has 0 aliphatic carbocycles. The summed E-state index contributed by atoms with van der Waals surface area (Å²) < 4.78 is 13.4. The van der Waals surface area contributed by atoms with Crippen LogP contribution in [0.4, 0.5) is 4.39 Å². The second-order valence-electron chi connectivity index (χ2n) is 7.11. The van der Waals surface area contributed by atoms with Gasteiger partial charge in [0.05, 0.1) is 6.61 Å². The van der Waals surface area contributed by atoms with Crippen molar-refractivity contribution in [2.24, 2.45) is 0 Å². The van der Waals surface area contributed by atoms with Gasteiger partial charge < -0.3 is 5.11 Å². The third kappa shape index (κ3) is 3.70. The molecule has 0 unspecified atom stereocenters. The molecule has 0 spiro atoms. The van der Waals surface area contributed by atoms with Crippen LogP contribution >= 0.6 is 0 Å². The molecule has 0 heterocycles. The van der Waals surface area contributed by atoms with Crippen LogP contribution < -0.4 is 0 Å². The second-order valence-corrected chi connectivity index (χ2v) is 7.11. The highest BCUT2D eigenvalue weighted by atomic mass is 19.1. The lowest BCUT2D eigenvalue weighted by Crippen LogP contribution is -2.08. The molecule has 130 valence electrons. The number of halogens is 1. The van der Waals surface area contributed by atoms with E-state index in [-0.39, 0.29) is 12.4 Å². The lowest BCUT2D eigenvalue weighted by atomic mass is 9.80. The minimum Gasteiger partial charge on any atom is -0.392 e. The average Bonchev–Trinajstić information content (AvgIpc) is 2.54. The van der Waals surface area contributed by atoms with Gasteiger partial charge in [0.2, 0.25) is 0 Å². The number of aliphatic hydroxyl groups is 1. The van der Waals surface area contributed by atoms with Crippen molar-refractivity contribution in [3.63, 3.8) is 0 Å². The molecule has 0 atom stereocenters. The Hall–Kier alpha value is -1.67. The van der Waals surface area contributed by atoms with Crippen molar-refractivity contribution < 1.29 is 9.50 Å². The molecular weight excluding hydrogens is 299 g/mol. The Bertz CT molecular complexity index is 684. The molecule has 24 heavy (non-hydrogen) atoms. The molecule has 0 aliphatic rings. The zero-order chi connectivity index (χ0) is 17.9. The molecule has 2 aromatic carbocycles. The molecule has 0 saturated carbocycles. The summed E-state index contributed by atoms with van der Waals surface area (Å²) in [5.41, 5.74) is 6.93. The van der Waals surface area contributed by atoms with E-state index in [1.165, 1.54) is 28.8 Å². The van der Waals surface area contributed by atoms with Gasteiger partial charge in [-0.15, -0.1) is 0 Å². The van der Waals surface area contributed by atoms with Crippen LogP contribution in [0, 0.1) is 5.82 Å². The minimum absolute atomic E-state index is 0.00924. The van der Waals surface area contributed by atoms with Gasteiger partial charge in [-0.1, -0.05) is 59.2 Å². The molecule has 0 bridgehead atoms. The van der Waals surface area contributed by atoms with Crippen LogP contribution in [0.1, 0.15) is 75.1 Å². The highest BCUT2D eigenvalue weighted by Crippen LogP contribution is 2.39. The Morgan fingerprint density at radius 2 is 1.46 bits per heavy atom. The summed E-state index contributed by atoms with van der Waals surface area (Å²) in [6, 6.07) is 8.94. The molecule has 0 radical (unpaired) electrons. The average molecular weight is 328 g/mol. The quantitative estimate of drug-likeness (QED) is 0.671. The van der Waals surface area contributed by atoms with Crippen LogP contribution in [-0.4, -0.2) is 5.11 Å². The van der Waals surface area contributed by atoms with E-state index in [1.54, 1.807) is 0 Å². The summed E-state index contributed by atoms with van der Waals surface area (Å²) in [5, 5.41) is 10.1. The predicted octanol–water partition coefficient (Wildman–Crippen LogP) is 6.18. The number of benzene rings is 2. The normalized spacial score (nSPS) is 11.5. The van der Waals surface area contributed by atoms with Crippen LogP contribution in [0.3, 0.4) is 0 Å². The smallest absolute Gasteiger partial charge is 0.123 e. The molecule has 2 rings (SSSR count). The van der Waals surface area contributed by atoms with Crippen molar-refractivity contribution >= 4 is 0 Å². The highest BCUT2D eigenvalue weighted by molar-refractivity contribution is 5.74. The van der Waals surface area contributed by atoms with Gasteiger partial charge in [0, 0.05) is 0 Å². The number of rotatable bonds is 6. The standard InChI is InChI=1S/C22H29FO/c1-6-7-18-19(14(2)3)12-20(15(4)5)21(13-24)22(18)16-8-10-17(23)11-9-16/h8-12,14-15,24H,6-7,13H2,1-5H3. The number of hydrogen-bond acceptors (Lipinski definition) is 1. The third-order valence-electron chi connectivity index (χ3n) is 4.65. The zero-order valence-electron chi connectivity index (χ0n) is 15.5.